The van der Waals surface area contributed by atoms with Crippen molar-refractivity contribution in [2.75, 3.05) is 151 Å². The monoisotopic (exact) mass is 1860 g/mol. The number of ketones is 2. The lowest BCUT2D eigenvalue weighted by molar-refractivity contribution is -0.139. The van der Waals surface area contributed by atoms with E-state index in [1.54, 1.807) is 0 Å². The normalized spacial score (nSPS) is 13.2. The van der Waals surface area contributed by atoms with E-state index in [1.165, 1.54) is 88.5 Å². The number of unbranched alkanes of at least 4 members (excludes halogenated alkanes) is 3. The number of hydrogen-bond acceptors (Lipinski definition) is 29. The predicted octanol–water partition coefficient (Wildman–Crippen LogP) is 2.01. The number of nitrogens with two attached hydrogens (primary N) is 2. The Hall–Kier alpha value is -11.8. The minimum Gasteiger partial charge on any atom is -0.669 e. The van der Waals surface area contributed by atoms with Crippen LogP contribution in [0.15, 0.2) is 60.8 Å². The Morgan fingerprint density at radius 2 is 0.511 bits per heavy atom. The van der Waals surface area contributed by atoms with Gasteiger partial charge in [-0.25, -0.2) is 0 Å². The molecule has 3 atom stereocenters. The van der Waals surface area contributed by atoms with Crippen LogP contribution >= 0.6 is 0 Å². The van der Waals surface area contributed by atoms with Crippen molar-refractivity contribution in [2.24, 2.45) is 23.3 Å². The summed E-state index contributed by atoms with van der Waals surface area (Å²) in [4.78, 5) is 258. The van der Waals surface area contributed by atoms with Crippen LogP contribution in [0.25, 0.3) is 5.73 Å². The number of rotatable bonds is 57. The second-order valence-electron chi connectivity index (χ2n) is 26.7. The Morgan fingerprint density at radius 3 is 0.733 bits per heavy atom. The molecular weight excluding hydrogens is 1720 g/mol. The number of amides is 18. The molecule has 0 aromatic carbocycles. The Morgan fingerprint density at radius 1 is 0.305 bits per heavy atom. The van der Waals surface area contributed by atoms with Crippen molar-refractivity contribution in [1.29, 1.82) is 0 Å². The number of carbonyl (C=O) groups is 23. The van der Waals surface area contributed by atoms with Gasteiger partial charge >= 0.3 is 0 Å². The minimum atomic E-state index is -0.693. The molecule has 5 heterocycles. The van der Waals surface area contributed by atoms with E-state index in [1.807, 2.05) is 69.2 Å². The number of ether oxygens (including phenoxy) is 6. The number of imide groups is 5. The lowest BCUT2D eigenvalue weighted by Crippen LogP contribution is -2.35. The second kappa shape index (κ2) is 90.2. The van der Waals surface area contributed by atoms with E-state index >= 15 is 0 Å². The highest BCUT2D eigenvalue weighted by Gasteiger charge is 2.28. The lowest BCUT2D eigenvalue weighted by Gasteiger charge is -2.13. The smallest absolute Gasteiger partial charge is 0.253 e. The maximum absolute atomic E-state index is 11.7. The van der Waals surface area contributed by atoms with Gasteiger partial charge in [0.1, 0.15) is 44.5 Å². The van der Waals surface area contributed by atoms with Crippen LogP contribution in [0, 0.1) is 11.8 Å². The standard InChI is InChI=1S/C20H31N3O7.C19H29N4O7.C14H20N2O6.C14H20N2O4.C8H9NO3.2C2H5NO.4C2H6.CH4/c1-16(14-24)4-2-3-8-21-18(26)15-30-13-12-29-11-9-22-17(25)7-10-23-19(27)5-6-20(23)28;20-15(13-24)3-1-2-7-21-17(26)14-30-12-11-29-10-8-22-16(25)6-9-23-18(27)4-5-19(23)28;1-11(17)10-22-9-8-21-7-5-15-12(18)4-6-16-13(19)2-3-14(16)20;1-11(10-17)4-2-3-8-15-12(18)7-9-16-13(19)5-6-14(16)20;1-6(10)4-5-9-7(11)2-3-8(9)12;2*1-2(3)4;4*1-2;/h5-6,14,16H,2-4,7-13,15H2,1H3,(H,21,26)(H,22,25);4-5,13,15,20H,1-3,6-12,14H2,(H,21,26)(H,22,25);2-3H,4-10H2,1H3,(H,15,18);5-6,10-11H,2-4,7-9H2,1H3,(H,15,18);2-3H,4-5H2,1H3;2*1H3,(H2,3,4);4*1-2H3;1H4/q;-1;;;;;;;;;;/t16-;15-;;11-;;;;;;;;/m00.0......../s1. The molecule has 5 aliphatic rings. The molecule has 0 unspecified atom stereocenters. The maximum atomic E-state index is 11.7. The number of Topliss-reactive ketones (excluding diaryl/α,β-unsaturated/α-hetero) is 2. The van der Waals surface area contributed by atoms with Gasteiger partial charge < -0.3 is 91.9 Å². The Bertz CT molecular complexity index is 3390. The Kier molecular flexibility index (Phi) is 91.1. The quantitative estimate of drug-likeness (QED) is 0.0245. The molecule has 0 saturated carbocycles. The van der Waals surface area contributed by atoms with Gasteiger partial charge in [-0.3, -0.25) is 120 Å². The van der Waals surface area contributed by atoms with E-state index < -0.39 is 41.5 Å². The third-order valence-corrected chi connectivity index (χ3v) is 15.7. The number of nitrogens with one attached hydrogen (secondary N) is 7. The molecule has 0 spiro atoms. The SMILES string of the molecule is C.CC.CC.CC.CC.CC(=O)CCN1C(=O)C=CC1=O.CC(=O)COCCOCCNC(=O)CCN1C(=O)C=CC1=O.CC(N)=O.CC(N)=O.C[C@H](C=O)CCCCNC(=O)CCN1C(=O)C=CC1=O.C[C@H](C=O)CCCCNC(=O)COCCOCCNC(=O)CCN1C(=O)C=CC1=O.[NH-][C@H](C=O)CCCCNC(=O)COCCOCCNC(=O)CCN1C(=O)C=CC1=O. The molecule has 43 nitrogen and oxygen atoms in total. The fourth-order valence-electron chi connectivity index (χ4n) is 9.39. The Balaban J connectivity index is -0.000000286. The summed E-state index contributed by atoms with van der Waals surface area (Å²) in [6.07, 6.45) is 21.8. The molecule has 18 amide bonds. The lowest BCUT2D eigenvalue weighted by atomic mass is 10.1. The summed E-state index contributed by atoms with van der Waals surface area (Å²) in [6.45, 7) is 30.6. The molecule has 0 radical (unpaired) electrons. The summed E-state index contributed by atoms with van der Waals surface area (Å²) in [7, 11) is 0. The zero-order valence-corrected chi connectivity index (χ0v) is 78.1. The highest BCUT2D eigenvalue weighted by Crippen LogP contribution is 2.11. The Labute approximate surface area is 770 Å². The highest BCUT2D eigenvalue weighted by molar-refractivity contribution is 6.15. The van der Waals surface area contributed by atoms with E-state index in [-0.39, 0.29) is 233 Å². The molecule has 0 bridgehead atoms. The van der Waals surface area contributed by atoms with E-state index in [9.17, 15) is 110 Å². The zero-order chi connectivity index (χ0) is 100. The number of nitrogens with zero attached hydrogens (tertiary/aromatic N) is 5. The first kappa shape index (κ1) is 132. The molecule has 0 aliphatic carbocycles. The molecule has 131 heavy (non-hydrogen) atoms. The van der Waals surface area contributed by atoms with Crippen LogP contribution in [-0.4, -0.2) is 319 Å². The van der Waals surface area contributed by atoms with E-state index in [2.05, 4.69) is 43.4 Å². The summed E-state index contributed by atoms with van der Waals surface area (Å²) in [5.41, 5.74) is 16.2. The first-order chi connectivity index (χ1) is 62.0. The van der Waals surface area contributed by atoms with E-state index in [0.29, 0.717) is 78.1 Å². The van der Waals surface area contributed by atoms with Gasteiger partial charge in [0.05, 0.1) is 59.5 Å². The van der Waals surface area contributed by atoms with Crippen LogP contribution < -0.4 is 43.4 Å². The van der Waals surface area contributed by atoms with Gasteiger partial charge in [0, 0.05) is 191 Å². The molecular formula is C88H147N14O29-. The highest BCUT2D eigenvalue weighted by atomic mass is 16.5. The van der Waals surface area contributed by atoms with Crippen molar-refractivity contribution in [3.63, 3.8) is 0 Å². The van der Waals surface area contributed by atoms with Crippen molar-refractivity contribution >= 4 is 137 Å². The summed E-state index contributed by atoms with van der Waals surface area (Å²) >= 11 is 0. The average molecular weight is 1870 g/mol. The number of carbonyl (C=O) groups excluding carboxylic acids is 23. The first-order valence-corrected chi connectivity index (χ1v) is 43.3. The predicted molar refractivity (Wildman–Crippen MR) is 485 cm³/mol. The second-order valence-corrected chi connectivity index (χ2v) is 26.7. The number of primary amides is 2. The maximum Gasteiger partial charge on any atom is 0.253 e. The van der Waals surface area contributed by atoms with E-state index in [0.717, 1.165) is 75.6 Å². The van der Waals surface area contributed by atoms with Crippen LogP contribution in [0.5, 0.6) is 0 Å². The van der Waals surface area contributed by atoms with Crippen LogP contribution in [0.3, 0.4) is 0 Å². The van der Waals surface area contributed by atoms with Crippen molar-refractivity contribution < 1.29 is 139 Å². The number of aldehydes is 3. The van der Waals surface area contributed by atoms with Gasteiger partial charge in [-0.05, 0) is 46.0 Å². The van der Waals surface area contributed by atoms with Gasteiger partial charge in [0.25, 0.3) is 59.1 Å². The van der Waals surface area contributed by atoms with Crippen molar-refractivity contribution in [3.8, 4) is 0 Å². The molecule has 0 saturated heterocycles. The number of hydrogen-bond donors (Lipinski definition) is 8. The van der Waals surface area contributed by atoms with Gasteiger partial charge in [-0.15, -0.1) is 0 Å². The van der Waals surface area contributed by atoms with Gasteiger partial charge in [0.15, 0.2) is 5.78 Å². The fraction of sp³-hybridized carbons (Fsp3) is 0.625. The van der Waals surface area contributed by atoms with Crippen LogP contribution in [0.4, 0.5) is 0 Å². The van der Waals surface area contributed by atoms with E-state index in [4.69, 9.17) is 34.2 Å². The zero-order valence-electron chi connectivity index (χ0n) is 78.1. The van der Waals surface area contributed by atoms with Gasteiger partial charge in [-0.2, -0.15) is 0 Å². The third kappa shape index (κ3) is 80.1. The molecule has 43 heteroatoms. The van der Waals surface area contributed by atoms with Crippen LogP contribution in [0.2, 0.25) is 0 Å². The average Bonchev–Trinajstić information content (AvgIpc) is 1.75. The molecule has 0 fully saturated rings. The van der Waals surface area contributed by atoms with Crippen molar-refractivity contribution in [1.82, 2.24) is 56.4 Å². The summed E-state index contributed by atoms with van der Waals surface area (Å²) in [5, 5.41) is 16.0. The molecule has 5 rings (SSSR count). The van der Waals surface area contributed by atoms with Crippen LogP contribution in [0.1, 0.15) is 194 Å². The molecule has 744 valence electrons. The van der Waals surface area contributed by atoms with Gasteiger partial charge in [-0.1, -0.05) is 108 Å². The molecule has 5 aliphatic heterocycles. The summed E-state index contributed by atoms with van der Waals surface area (Å²) in [5.74, 6) is -5.91. The fourth-order valence-corrected chi connectivity index (χ4v) is 9.39. The first-order valence-electron chi connectivity index (χ1n) is 43.3. The topological polar surface area (TPSA) is 612 Å². The molecule has 0 aromatic rings. The van der Waals surface area contributed by atoms with Gasteiger partial charge in [0.2, 0.25) is 47.3 Å². The molecule has 11 N–H and O–H groups in total. The molecule has 0 aromatic heterocycles. The van der Waals surface area contributed by atoms with Crippen molar-refractivity contribution in [3.05, 3.63) is 66.5 Å². The minimum absolute atomic E-state index is 0. The van der Waals surface area contributed by atoms with Crippen molar-refractivity contribution in [2.45, 2.75) is 200 Å². The van der Waals surface area contributed by atoms with Crippen LogP contribution in [-0.2, 0) is 139 Å². The largest absolute Gasteiger partial charge is 0.669 e. The summed E-state index contributed by atoms with van der Waals surface area (Å²) < 4.78 is 31.2. The third-order valence-electron chi connectivity index (χ3n) is 15.7. The summed E-state index contributed by atoms with van der Waals surface area (Å²) in [6, 6.07) is -0.693.